The van der Waals surface area contributed by atoms with Crippen LogP contribution in [0.4, 0.5) is 32.0 Å². The van der Waals surface area contributed by atoms with Crippen molar-refractivity contribution in [3.05, 3.63) is 65.2 Å². The summed E-state index contributed by atoms with van der Waals surface area (Å²) in [5.41, 5.74) is -0.932. The van der Waals surface area contributed by atoms with Crippen LogP contribution in [0.5, 0.6) is 5.75 Å². The number of thiazole rings is 1. The molecule has 152 valence electrons. The number of nitrogens with zero attached hydrogens (tertiary/aromatic N) is 1. The Morgan fingerprint density at radius 1 is 0.931 bits per heavy atom. The summed E-state index contributed by atoms with van der Waals surface area (Å²) in [6, 6.07) is 12.0. The number of hydrogen-bond acceptors (Lipinski definition) is 4. The van der Waals surface area contributed by atoms with Gasteiger partial charge in [-0.3, -0.25) is 4.79 Å². The number of amides is 1. The fourth-order valence-corrected chi connectivity index (χ4v) is 3.28. The maximum absolute atomic E-state index is 13.3. The van der Waals surface area contributed by atoms with Crippen molar-refractivity contribution < 1.29 is 35.9 Å². The first-order valence-corrected chi connectivity index (χ1v) is 8.65. The van der Waals surface area contributed by atoms with Crippen LogP contribution >= 0.6 is 11.3 Å². The molecule has 1 amide bonds. The van der Waals surface area contributed by atoms with Gasteiger partial charge in [0, 0.05) is 11.3 Å². The van der Waals surface area contributed by atoms with Crippen LogP contribution in [0.3, 0.4) is 0 Å². The molecule has 29 heavy (non-hydrogen) atoms. The van der Waals surface area contributed by atoms with Crippen molar-refractivity contribution >= 4 is 22.9 Å². The molecule has 0 aliphatic carbocycles. The smallest absolute Gasteiger partial charge is 0.406 e. The normalized spacial score (nSPS) is 11.9. The van der Waals surface area contributed by atoms with E-state index in [9.17, 15) is 31.1 Å². The summed E-state index contributed by atoms with van der Waals surface area (Å²) >= 11 is 0.561. The Balaban J connectivity index is 1.86. The second-order valence-corrected chi connectivity index (χ2v) is 6.59. The van der Waals surface area contributed by atoms with Gasteiger partial charge in [0.1, 0.15) is 15.6 Å². The minimum atomic E-state index is -4.89. The number of halogens is 6. The largest absolute Gasteiger partial charge is 0.573 e. The van der Waals surface area contributed by atoms with Gasteiger partial charge in [0.05, 0.1) is 0 Å². The van der Waals surface area contributed by atoms with E-state index in [1.165, 1.54) is 0 Å². The summed E-state index contributed by atoms with van der Waals surface area (Å²) in [7, 11) is 0. The van der Waals surface area contributed by atoms with Gasteiger partial charge in [0.2, 0.25) is 0 Å². The zero-order valence-electron chi connectivity index (χ0n) is 14.1. The summed E-state index contributed by atoms with van der Waals surface area (Å²) in [6.07, 6.45) is -9.75. The molecule has 0 radical (unpaired) electrons. The Labute approximate surface area is 163 Å². The Hall–Kier alpha value is -3.08. The van der Waals surface area contributed by atoms with Gasteiger partial charge in [-0.15, -0.1) is 24.5 Å². The monoisotopic (exact) mass is 432 g/mol. The van der Waals surface area contributed by atoms with Crippen LogP contribution < -0.4 is 10.1 Å². The minimum absolute atomic E-state index is 0.00712. The van der Waals surface area contributed by atoms with E-state index in [1.807, 2.05) is 0 Å². The number of benzene rings is 2. The predicted molar refractivity (Wildman–Crippen MR) is 93.6 cm³/mol. The Bertz CT molecular complexity index is 998. The van der Waals surface area contributed by atoms with E-state index in [4.69, 9.17) is 0 Å². The summed E-state index contributed by atoms with van der Waals surface area (Å²) < 4.78 is 80.2. The molecule has 0 fully saturated rings. The maximum Gasteiger partial charge on any atom is 0.573 e. The lowest BCUT2D eigenvalue weighted by Crippen LogP contribution is -2.18. The van der Waals surface area contributed by atoms with Gasteiger partial charge in [0.25, 0.3) is 5.91 Å². The van der Waals surface area contributed by atoms with Crippen molar-refractivity contribution in [1.29, 1.82) is 0 Å². The molecule has 3 aromatic rings. The van der Waals surface area contributed by atoms with Crippen molar-refractivity contribution in [1.82, 2.24) is 4.98 Å². The molecule has 0 saturated carbocycles. The highest BCUT2D eigenvalue weighted by atomic mass is 32.1. The first kappa shape index (κ1) is 20.6. The predicted octanol–water partition coefficient (Wildman–Crippen LogP) is 5.98. The van der Waals surface area contributed by atoms with Gasteiger partial charge in [-0.2, -0.15) is 13.2 Å². The number of anilines is 1. The zero-order valence-corrected chi connectivity index (χ0v) is 15.0. The number of carbonyl (C=O) groups excluding carboxylic acids is 1. The quantitative estimate of drug-likeness (QED) is 0.516. The van der Waals surface area contributed by atoms with Gasteiger partial charge < -0.3 is 10.1 Å². The summed E-state index contributed by atoms with van der Waals surface area (Å²) in [5.74, 6) is -1.61. The highest BCUT2D eigenvalue weighted by Gasteiger charge is 2.39. The highest BCUT2D eigenvalue weighted by molar-refractivity contribution is 7.17. The molecular formula is C18H10F6N2O2S. The van der Waals surface area contributed by atoms with E-state index < -0.39 is 34.8 Å². The van der Waals surface area contributed by atoms with Crippen LogP contribution in [-0.2, 0) is 6.18 Å². The number of rotatable bonds is 4. The fourth-order valence-electron chi connectivity index (χ4n) is 2.30. The van der Waals surface area contributed by atoms with Crippen molar-refractivity contribution in [3.63, 3.8) is 0 Å². The molecule has 4 nitrogen and oxygen atoms in total. The maximum atomic E-state index is 13.3. The number of hydrogen-bond donors (Lipinski definition) is 1. The van der Waals surface area contributed by atoms with Gasteiger partial charge >= 0.3 is 12.5 Å². The first-order valence-electron chi connectivity index (χ1n) is 7.83. The lowest BCUT2D eigenvalue weighted by Gasteiger charge is -2.10. The lowest BCUT2D eigenvalue weighted by atomic mass is 10.2. The van der Waals surface area contributed by atoms with Gasteiger partial charge in [-0.1, -0.05) is 30.3 Å². The molecule has 11 heteroatoms. The molecule has 0 bridgehead atoms. The number of nitrogens with one attached hydrogen (secondary N) is 1. The molecule has 1 N–H and O–H groups in total. The lowest BCUT2D eigenvalue weighted by molar-refractivity contribution is -0.274. The van der Waals surface area contributed by atoms with Gasteiger partial charge in [-0.05, 0) is 24.3 Å². The van der Waals surface area contributed by atoms with Crippen molar-refractivity contribution in [2.24, 2.45) is 0 Å². The topological polar surface area (TPSA) is 51.2 Å². The van der Waals surface area contributed by atoms with E-state index in [2.05, 4.69) is 15.0 Å². The third-order valence-corrected chi connectivity index (χ3v) is 4.57. The molecule has 0 aliphatic rings. The van der Waals surface area contributed by atoms with Crippen LogP contribution in [0.2, 0.25) is 0 Å². The Morgan fingerprint density at radius 2 is 1.55 bits per heavy atom. The van der Waals surface area contributed by atoms with Gasteiger partial charge in [-0.25, -0.2) is 4.98 Å². The molecule has 1 heterocycles. The van der Waals surface area contributed by atoms with Crippen LogP contribution in [0, 0.1) is 0 Å². The second kappa shape index (κ2) is 7.74. The van der Waals surface area contributed by atoms with E-state index in [1.54, 1.807) is 30.3 Å². The van der Waals surface area contributed by atoms with Crippen molar-refractivity contribution in [3.8, 4) is 16.3 Å². The van der Waals surface area contributed by atoms with Crippen LogP contribution in [-0.4, -0.2) is 17.3 Å². The van der Waals surface area contributed by atoms with E-state index in [0.717, 1.165) is 24.3 Å². The highest BCUT2D eigenvalue weighted by Crippen LogP contribution is 2.38. The molecule has 0 unspecified atom stereocenters. The zero-order chi connectivity index (χ0) is 21.2. The van der Waals surface area contributed by atoms with Crippen molar-refractivity contribution in [2.75, 3.05) is 5.32 Å². The van der Waals surface area contributed by atoms with Crippen molar-refractivity contribution in [2.45, 2.75) is 12.5 Å². The second-order valence-electron chi connectivity index (χ2n) is 5.59. The standard InChI is InChI=1S/C18H10F6N2O2S/c19-17(20,21)14-13(29-16(26-14)10-4-2-1-3-5-10)15(27)25-11-6-8-12(9-7-11)28-18(22,23)24/h1-9H,(H,25,27). The van der Waals surface area contributed by atoms with E-state index >= 15 is 0 Å². The fraction of sp³-hybridized carbons (Fsp3) is 0.111. The first-order chi connectivity index (χ1) is 13.5. The number of carbonyl (C=O) groups is 1. The molecular weight excluding hydrogens is 422 g/mol. The summed E-state index contributed by atoms with van der Waals surface area (Å²) in [4.78, 5) is 15.3. The van der Waals surface area contributed by atoms with E-state index in [-0.39, 0.29) is 10.7 Å². The van der Waals surface area contributed by atoms with Crippen LogP contribution in [0.1, 0.15) is 15.4 Å². The number of aromatic nitrogens is 1. The third-order valence-electron chi connectivity index (χ3n) is 3.47. The minimum Gasteiger partial charge on any atom is -0.406 e. The SMILES string of the molecule is O=C(Nc1ccc(OC(F)(F)F)cc1)c1sc(-c2ccccc2)nc1C(F)(F)F. The summed E-state index contributed by atoms with van der Waals surface area (Å²) in [5, 5.41) is 2.23. The number of ether oxygens (including phenoxy) is 1. The molecule has 0 atom stereocenters. The third kappa shape index (κ3) is 5.25. The van der Waals surface area contributed by atoms with Gasteiger partial charge in [0.15, 0.2) is 5.69 Å². The molecule has 0 saturated heterocycles. The molecule has 0 spiro atoms. The molecule has 0 aliphatic heterocycles. The number of alkyl halides is 6. The van der Waals surface area contributed by atoms with Crippen LogP contribution in [0.25, 0.3) is 10.6 Å². The molecule has 3 rings (SSSR count). The van der Waals surface area contributed by atoms with Crippen LogP contribution in [0.15, 0.2) is 54.6 Å². The average molecular weight is 432 g/mol. The molecule has 1 aromatic heterocycles. The average Bonchev–Trinajstić information content (AvgIpc) is 3.09. The molecule has 2 aromatic carbocycles. The van der Waals surface area contributed by atoms with E-state index in [0.29, 0.717) is 16.9 Å². The Kier molecular flexibility index (Phi) is 5.51. The summed E-state index contributed by atoms with van der Waals surface area (Å²) in [6.45, 7) is 0. The Morgan fingerprint density at radius 3 is 2.10 bits per heavy atom.